The Morgan fingerprint density at radius 3 is 2.39 bits per heavy atom. The van der Waals surface area contributed by atoms with Crippen LogP contribution in [0.1, 0.15) is 30.2 Å². The molecule has 0 saturated heterocycles. The van der Waals surface area contributed by atoms with E-state index in [4.69, 9.17) is 0 Å². The van der Waals surface area contributed by atoms with Gasteiger partial charge < -0.3 is 4.57 Å². The van der Waals surface area contributed by atoms with Crippen LogP contribution in [0.25, 0.3) is 22.4 Å². The zero-order chi connectivity index (χ0) is 22.2. The summed E-state index contributed by atoms with van der Waals surface area (Å²) in [4.78, 5) is 15.7. The molecule has 158 valence electrons. The minimum absolute atomic E-state index is 0.271. The van der Waals surface area contributed by atoms with Crippen molar-refractivity contribution in [2.45, 2.75) is 33.6 Å². The molecule has 31 heavy (non-hydrogen) atoms. The van der Waals surface area contributed by atoms with E-state index in [1.54, 1.807) is 12.4 Å². The van der Waals surface area contributed by atoms with Crippen LogP contribution in [0.4, 0.5) is 0 Å². The SMILES string of the molecule is CCC(=O)Cc1ccc(-c2ccnnc2)c(C)c1.Cc1ccc(-c2cccn2C)cn1. The van der Waals surface area contributed by atoms with Crippen molar-refractivity contribution in [2.75, 3.05) is 0 Å². The molecular formula is C26H28N4O. The van der Waals surface area contributed by atoms with Gasteiger partial charge in [-0.25, -0.2) is 0 Å². The van der Waals surface area contributed by atoms with Crippen molar-refractivity contribution in [3.8, 4) is 22.4 Å². The maximum atomic E-state index is 11.4. The lowest BCUT2D eigenvalue weighted by molar-refractivity contribution is -0.118. The molecule has 3 heterocycles. The van der Waals surface area contributed by atoms with Crippen LogP contribution >= 0.6 is 0 Å². The second kappa shape index (κ2) is 10.4. The first kappa shape index (κ1) is 22.1. The topological polar surface area (TPSA) is 60.7 Å². The van der Waals surface area contributed by atoms with Crippen molar-refractivity contribution < 1.29 is 4.79 Å². The number of nitrogens with zero attached hydrogens (tertiary/aromatic N) is 4. The molecule has 0 aliphatic carbocycles. The van der Waals surface area contributed by atoms with Crippen molar-refractivity contribution >= 4 is 5.78 Å². The van der Waals surface area contributed by atoms with Gasteiger partial charge in [0, 0.05) is 54.8 Å². The van der Waals surface area contributed by atoms with Crippen LogP contribution in [0, 0.1) is 13.8 Å². The Balaban J connectivity index is 0.000000185. The number of Topliss-reactive ketones (excluding diaryl/α,β-unsaturated/α-hetero) is 1. The average Bonchev–Trinajstić information content (AvgIpc) is 3.21. The van der Waals surface area contributed by atoms with Gasteiger partial charge >= 0.3 is 0 Å². The Hall–Kier alpha value is -3.60. The third kappa shape index (κ3) is 5.95. The Kier molecular flexibility index (Phi) is 7.44. The first-order valence-electron chi connectivity index (χ1n) is 10.4. The third-order valence-corrected chi connectivity index (χ3v) is 5.13. The van der Waals surface area contributed by atoms with Gasteiger partial charge in [-0.15, -0.1) is 0 Å². The predicted octanol–water partition coefficient (Wildman–Crippen LogP) is 5.37. The molecule has 4 rings (SSSR count). The monoisotopic (exact) mass is 412 g/mol. The lowest BCUT2D eigenvalue weighted by Crippen LogP contribution is -2.00. The standard InChI is InChI=1S/C15H16N2O.C11H12N2/c1-3-14(18)9-12-4-5-15(11(2)8-12)13-6-7-16-17-10-13;1-9-5-6-10(8-12-9)11-4-3-7-13(11)2/h4-8,10H,3,9H2,1-2H3;3-8H,1-2H3. The minimum Gasteiger partial charge on any atom is -0.351 e. The van der Waals surface area contributed by atoms with Gasteiger partial charge in [-0.05, 0) is 60.9 Å². The first-order chi connectivity index (χ1) is 15.0. The number of benzene rings is 1. The molecule has 0 amide bonds. The molecule has 3 aromatic heterocycles. The fourth-order valence-electron chi connectivity index (χ4n) is 3.34. The van der Waals surface area contributed by atoms with Crippen LogP contribution in [0.2, 0.25) is 0 Å². The Morgan fingerprint density at radius 2 is 1.81 bits per heavy atom. The van der Waals surface area contributed by atoms with Crippen molar-refractivity contribution in [1.82, 2.24) is 19.7 Å². The summed E-state index contributed by atoms with van der Waals surface area (Å²) in [5.74, 6) is 0.271. The highest BCUT2D eigenvalue weighted by Gasteiger charge is 2.06. The van der Waals surface area contributed by atoms with Gasteiger partial charge in [0.05, 0.1) is 12.4 Å². The number of ketones is 1. The highest BCUT2D eigenvalue weighted by Crippen LogP contribution is 2.23. The van der Waals surface area contributed by atoms with E-state index in [1.165, 1.54) is 5.69 Å². The van der Waals surface area contributed by atoms with Gasteiger partial charge in [-0.1, -0.05) is 25.1 Å². The molecule has 1 aromatic carbocycles. The zero-order valence-corrected chi connectivity index (χ0v) is 18.5. The lowest BCUT2D eigenvalue weighted by atomic mass is 9.98. The van der Waals surface area contributed by atoms with E-state index in [0.29, 0.717) is 12.8 Å². The number of aryl methyl sites for hydroxylation is 3. The summed E-state index contributed by atoms with van der Waals surface area (Å²) < 4.78 is 2.09. The molecule has 0 atom stereocenters. The van der Waals surface area contributed by atoms with E-state index in [9.17, 15) is 4.79 Å². The number of hydrogen-bond acceptors (Lipinski definition) is 4. The molecule has 0 spiro atoms. The zero-order valence-electron chi connectivity index (χ0n) is 18.5. The number of carbonyl (C=O) groups is 1. The Bertz CT molecular complexity index is 1130. The van der Waals surface area contributed by atoms with Gasteiger partial charge in [0.1, 0.15) is 5.78 Å². The summed E-state index contributed by atoms with van der Waals surface area (Å²) in [6, 6.07) is 16.3. The van der Waals surface area contributed by atoms with Gasteiger partial charge in [-0.3, -0.25) is 9.78 Å². The fraction of sp³-hybridized carbons (Fsp3) is 0.231. The molecule has 0 N–H and O–H groups in total. The van der Waals surface area contributed by atoms with E-state index < -0.39 is 0 Å². The second-order valence-electron chi connectivity index (χ2n) is 7.54. The van der Waals surface area contributed by atoms with Crippen molar-refractivity contribution in [3.05, 3.63) is 90.1 Å². The second-order valence-corrected chi connectivity index (χ2v) is 7.54. The van der Waals surface area contributed by atoms with E-state index in [-0.39, 0.29) is 5.78 Å². The minimum atomic E-state index is 0.271. The Labute approximate surface area is 183 Å². The smallest absolute Gasteiger partial charge is 0.136 e. The molecule has 0 fully saturated rings. The molecule has 0 bridgehead atoms. The normalized spacial score (nSPS) is 10.3. The largest absolute Gasteiger partial charge is 0.351 e. The first-order valence-corrected chi connectivity index (χ1v) is 10.4. The molecular weight excluding hydrogens is 384 g/mol. The summed E-state index contributed by atoms with van der Waals surface area (Å²) in [7, 11) is 2.04. The van der Waals surface area contributed by atoms with E-state index in [0.717, 1.165) is 33.5 Å². The van der Waals surface area contributed by atoms with Crippen molar-refractivity contribution in [1.29, 1.82) is 0 Å². The highest BCUT2D eigenvalue weighted by molar-refractivity contribution is 5.81. The number of carbonyl (C=O) groups excluding carboxylic acids is 1. The molecule has 0 aliphatic heterocycles. The summed E-state index contributed by atoms with van der Waals surface area (Å²) in [5, 5.41) is 7.66. The summed E-state index contributed by atoms with van der Waals surface area (Å²) in [6.07, 6.45) is 8.49. The fourth-order valence-corrected chi connectivity index (χ4v) is 3.34. The van der Waals surface area contributed by atoms with Crippen LogP contribution in [-0.2, 0) is 18.3 Å². The third-order valence-electron chi connectivity index (χ3n) is 5.13. The van der Waals surface area contributed by atoms with Crippen molar-refractivity contribution in [2.24, 2.45) is 7.05 Å². The predicted molar refractivity (Wildman–Crippen MR) is 125 cm³/mol. The molecule has 0 radical (unpaired) electrons. The van der Waals surface area contributed by atoms with E-state index in [1.807, 2.05) is 63.6 Å². The molecule has 5 heteroatoms. The molecule has 0 aliphatic rings. The van der Waals surface area contributed by atoms with E-state index in [2.05, 4.69) is 44.9 Å². The van der Waals surface area contributed by atoms with Crippen LogP contribution in [0.15, 0.2) is 73.3 Å². The van der Waals surface area contributed by atoms with Crippen LogP contribution in [0.5, 0.6) is 0 Å². The van der Waals surface area contributed by atoms with Gasteiger partial charge in [0.15, 0.2) is 0 Å². The summed E-state index contributed by atoms with van der Waals surface area (Å²) in [5.41, 5.74) is 7.84. The van der Waals surface area contributed by atoms with Crippen LogP contribution < -0.4 is 0 Å². The van der Waals surface area contributed by atoms with Gasteiger partial charge in [0.25, 0.3) is 0 Å². The number of rotatable bonds is 5. The highest BCUT2D eigenvalue weighted by atomic mass is 16.1. The number of hydrogen-bond donors (Lipinski definition) is 0. The van der Waals surface area contributed by atoms with Crippen molar-refractivity contribution in [3.63, 3.8) is 0 Å². The molecule has 0 unspecified atom stereocenters. The molecule has 4 aromatic rings. The van der Waals surface area contributed by atoms with Crippen LogP contribution in [-0.4, -0.2) is 25.5 Å². The van der Waals surface area contributed by atoms with Crippen LogP contribution in [0.3, 0.4) is 0 Å². The lowest BCUT2D eigenvalue weighted by Gasteiger charge is -2.07. The maximum Gasteiger partial charge on any atom is 0.136 e. The summed E-state index contributed by atoms with van der Waals surface area (Å²) >= 11 is 0. The van der Waals surface area contributed by atoms with Gasteiger partial charge in [-0.2, -0.15) is 10.2 Å². The Morgan fingerprint density at radius 1 is 0.968 bits per heavy atom. The molecule has 0 saturated carbocycles. The maximum absolute atomic E-state index is 11.4. The van der Waals surface area contributed by atoms with E-state index >= 15 is 0 Å². The molecule has 5 nitrogen and oxygen atoms in total. The number of pyridine rings is 1. The average molecular weight is 413 g/mol. The summed E-state index contributed by atoms with van der Waals surface area (Å²) in [6.45, 7) is 5.94. The van der Waals surface area contributed by atoms with Gasteiger partial charge in [0.2, 0.25) is 0 Å². The number of aromatic nitrogens is 4. The quantitative estimate of drug-likeness (QED) is 0.442.